The topological polar surface area (TPSA) is 291 Å². The number of allylic oxidation sites excluding steroid dienone is 3. The Morgan fingerprint density at radius 2 is 1.40 bits per heavy atom. The molecule has 374 valence electrons. The number of aromatic hydroxyl groups is 2. The van der Waals surface area contributed by atoms with Gasteiger partial charge in [-0.25, -0.2) is 9.37 Å². The van der Waals surface area contributed by atoms with E-state index in [-0.39, 0.29) is 95.7 Å². The lowest BCUT2D eigenvalue weighted by Gasteiger charge is -2.30. The number of hydrogen-bond donors (Lipinski definition) is 5. The van der Waals surface area contributed by atoms with Gasteiger partial charge in [-0.3, -0.25) is 13.7 Å². The number of anilines is 1. The van der Waals surface area contributed by atoms with Gasteiger partial charge in [0, 0.05) is 53.5 Å². The molecule has 24 heteroatoms. The Labute approximate surface area is 395 Å². The molecule has 1 aliphatic carbocycles. The molecule has 1 aromatic heterocycles. The Morgan fingerprint density at radius 3 is 2.01 bits per heavy atom. The molecule has 68 heavy (non-hydrogen) atoms. The van der Waals surface area contributed by atoms with Gasteiger partial charge in [0.15, 0.2) is 0 Å². The van der Waals surface area contributed by atoms with Crippen LogP contribution in [0.4, 0.5) is 5.69 Å². The zero-order chi connectivity index (χ0) is 49.5. The van der Waals surface area contributed by atoms with Gasteiger partial charge in [0.1, 0.15) is 18.8 Å². The van der Waals surface area contributed by atoms with Crippen LogP contribution in [0, 0.1) is 0 Å². The number of ether oxygens (including phenoxy) is 4. The summed E-state index contributed by atoms with van der Waals surface area (Å²) in [6, 6.07) is 13.9. The van der Waals surface area contributed by atoms with Crippen LogP contribution in [-0.2, 0) is 59.5 Å². The van der Waals surface area contributed by atoms with Crippen molar-refractivity contribution in [2.45, 2.75) is 49.8 Å². The quantitative estimate of drug-likeness (QED) is 0.0310. The van der Waals surface area contributed by atoms with E-state index >= 15 is 0 Å². The van der Waals surface area contributed by atoms with Gasteiger partial charge in [0.2, 0.25) is 17.1 Å². The molecule has 2 aliphatic heterocycles. The number of rotatable bonds is 28. The normalized spacial score (nSPS) is 16.5. The van der Waals surface area contributed by atoms with Crippen LogP contribution in [0.15, 0.2) is 88.0 Å². The summed E-state index contributed by atoms with van der Waals surface area (Å²) in [5.74, 6) is -1.91. The van der Waals surface area contributed by atoms with Crippen LogP contribution in [0.1, 0.15) is 50.7 Å². The predicted molar refractivity (Wildman–Crippen MR) is 248 cm³/mol. The Kier molecular flexibility index (Phi) is 19.3. The predicted octanol–water partition coefficient (Wildman–Crippen LogP) is 3.37. The van der Waals surface area contributed by atoms with Gasteiger partial charge in [-0.1, -0.05) is 12.2 Å². The molecule has 3 aliphatic rings. The molecule has 0 radical (unpaired) electrons. The first-order chi connectivity index (χ1) is 32.2. The average Bonchev–Trinajstić information content (AvgIpc) is 3.70. The first-order valence-electron chi connectivity index (χ1n) is 21.6. The van der Waals surface area contributed by atoms with E-state index in [0.29, 0.717) is 40.5 Å². The molecule has 1 unspecified atom stereocenters. The maximum atomic E-state index is 12.3. The van der Waals surface area contributed by atoms with Crippen molar-refractivity contribution in [1.29, 1.82) is 0 Å². The zero-order valence-corrected chi connectivity index (χ0v) is 40.1. The number of aromatic nitrogens is 1. The molecule has 1 atom stereocenters. The summed E-state index contributed by atoms with van der Waals surface area (Å²) in [4.78, 5) is 18.3. The number of benzene rings is 2. The van der Waals surface area contributed by atoms with Gasteiger partial charge in [-0.05, 0) is 74.2 Å². The molecular formula is C44H58N3O18S3+. The Bertz CT molecular complexity index is 2770. The van der Waals surface area contributed by atoms with Gasteiger partial charge in [-0.2, -0.15) is 25.3 Å². The molecular weight excluding hydrogens is 955 g/mol. The molecule has 0 fully saturated rings. The third kappa shape index (κ3) is 15.7. The van der Waals surface area contributed by atoms with Crippen molar-refractivity contribution in [3.05, 3.63) is 95.2 Å². The Morgan fingerprint density at radius 1 is 0.779 bits per heavy atom. The van der Waals surface area contributed by atoms with Crippen LogP contribution in [0.5, 0.6) is 11.8 Å². The van der Waals surface area contributed by atoms with Gasteiger partial charge >= 0.3 is 5.97 Å². The molecule has 1 aromatic carbocycles. The number of carbonyl (C=O) groups is 1. The van der Waals surface area contributed by atoms with E-state index in [4.69, 9.17) is 32.8 Å². The molecule has 21 nitrogen and oxygen atoms in total. The summed E-state index contributed by atoms with van der Waals surface area (Å²) in [6.45, 7) is 6.66. The molecule has 3 heterocycles. The van der Waals surface area contributed by atoms with E-state index in [9.17, 15) is 49.4 Å². The number of hydrogen-bond acceptors (Lipinski definition) is 16. The monoisotopic (exact) mass is 1010 g/mol. The lowest BCUT2D eigenvalue weighted by molar-refractivity contribution is -0.146. The highest BCUT2D eigenvalue weighted by Crippen LogP contribution is 2.51. The Hall–Kier alpha value is -5.15. The fourth-order valence-corrected chi connectivity index (χ4v) is 9.14. The van der Waals surface area contributed by atoms with Gasteiger partial charge in [0.05, 0.1) is 88.0 Å². The van der Waals surface area contributed by atoms with Gasteiger partial charge < -0.3 is 43.3 Å². The van der Waals surface area contributed by atoms with Gasteiger partial charge in [0.25, 0.3) is 30.4 Å². The van der Waals surface area contributed by atoms with E-state index < -0.39 is 59.3 Å². The second kappa shape index (κ2) is 24.4. The lowest BCUT2D eigenvalue weighted by atomic mass is 9.77. The third-order valence-corrected chi connectivity index (χ3v) is 13.4. The summed E-state index contributed by atoms with van der Waals surface area (Å²) in [7, 11) is -13.0. The van der Waals surface area contributed by atoms with E-state index in [1.54, 1.807) is 18.2 Å². The molecule has 5 N–H and O–H groups in total. The fourth-order valence-electron chi connectivity index (χ4n) is 7.63. The smallest absolute Gasteiger partial charge is 0.335 e. The number of nitrogens with zero attached hydrogens (tertiary/aromatic N) is 3. The summed E-state index contributed by atoms with van der Waals surface area (Å²) >= 11 is 0. The van der Waals surface area contributed by atoms with Crippen LogP contribution >= 0.6 is 0 Å². The summed E-state index contributed by atoms with van der Waals surface area (Å²) in [5, 5.41) is 19.9. The highest BCUT2D eigenvalue weighted by molar-refractivity contribution is 7.86. The van der Waals surface area contributed by atoms with Crippen molar-refractivity contribution >= 4 is 48.1 Å². The molecule has 0 amide bonds. The van der Waals surface area contributed by atoms with Crippen LogP contribution in [0.2, 0.25) is 0 Å². The summed E-state index contributed by atoms with van der Waals surface area (Å²) < 4.78 is 130. The second-order valence-corrected chi connectivity index (χ2v) is 20.3. The van der Waals surface area contributed by atoms with E-state index in [0.717, 1.165) is 16.5 Å². The van der Waals surface area contributed by atoms with Crippen molar-refractivity contribution in [2.75, 3.05) is 88.9 Å². The fraction of sp³-hybridized carbons (Fsp3) is 0.455. The molecule has 2 aromatic rings. The first-order valence-corrected chi connectivity index (χ1v) is 26.3. The van der Waals surface area contributed by atoms with Crippen molar-refractivity contribution in [1.82, 2.24) is 9.31 Å². The average molecular weight is 1010 g/mol. The van der Waals surface area contributed by atoms with E-state index in [1.807, 2.05) is 53.7 Å². The van der Waals surface area contributed by atoms with Crippen molar-refractivity contribution in [3.63, 3.8) is 0 Å². The zero-order valence-electron chi connectivity index (χ0n) is 37.6. The molecule has 0 saturated carbocycles. The maximum Gasteiger partial charge on any atom is 0.335 e. The van der Waals surface area contributed by atoms with Crippen LogP contribution in [-0.4, -0.2) is 144 Å². The summed E-state index contributed by atoms with van der Waals surface area (Å²) in [5.41, 5.74) is 2.33. The standard InChI is InChI=1S/C44H57N3O18S3/c1-3-45(18-6-30-67(54,55)56)34-9-11-36-33(15-21-64-39(36)31-34)7-4-8-40-44(2,17-5-29-66(51,52)53)37-32-35(68(57,58)59)10-12-38(37)46(40)19-22-61-24-26-63-28-27-62-25-23-60-20-16-43(50)65-47-41(48)13-14-42(47)49/h4,7-15,21,31-32H,3,5-6,16-20,22-30H2,1-2H3,(H4-,48,49,51,52,53,54,55,56,57,58,59)/p+1. The van der Waals surface area contributed by atoms with Crippen LogP contribution < -0.4 is 19.7 Å². The molecule has 0 spiro atoms. The van der Waals surface area contributed by atoms with Crippen molar-refractivity contribution in [2.24, 2.45) is 0 Å². The number of fused-ring (bicyclic) bond motifs is 2. The maximum absolute atomic E-state index is 12.3. The molecule has 0 saturated heterocycles. The minimum absolute atomic E-state index is 0.0212. The van der Waals surface area contributed by atoms with Crippen LogP contribution in [0.3, 0.4) is 0 Å². The minimum atomic E-state index is -4.62. The highest BCUT2D eigenvalue weighted by atomic mass is 32.2. The largest absolute Gasteiger partial charge is 0.492 e. The highest BCUT2D eigenvalue weighted by Gasteiger charge is 2.43. The van der Waals surface area contributed by atoms with Crippen molar-refractivity contribution in [3.8, 4) is 23.1 Å². The van der Waals surface area contributed by atoms with E-state index in [2.05, 4.69) is 0 Å². The van der Waals surface area contributed by atoms with E-state index in [1.165, 1.54) is 30.5 Å². The van der Waals surface area contributed by atoms with Crippen LogP contribution in [0.25, 0.3) is 17.4 Å². The SMILES string of the molecule is CC[N+](CCCS(=O)(=O)O)=c1ccc2c(C=CC=C3N(CCOCCOCCOCCOCCC(=O)On4c(O)ccc4O)c4ccc(S(=O)(=O)O)cc4C3(C)CCCS(=O)(=O)O)ccoc-2c1. The summed E-state index contributed by atoms with van der Waals surface area (Å²) in [6.07, 6.45) is 7.33. The Balaban J connectivity index is 1.22. The first kappa shape index (κ1) is 53.8. The second-order valence-electron chi connectivity index (χ2n) is 15.7. The van der Waals surface area contributed by atoms with Crippen molar-refractivity contribution < 1.29 is 82.1 Å². The minimum Gasteiger partial charge on any atom is -0.492 e. The molecule has 5 rings (SSSR count). The lowest BCUT2D eigenvalue weighted by Crippen LogP contribution is -2.31. The number of carbonyl (C=O) groups excluding carboxylic acids is 1. The third-order valence-electron chi connectivity index (χ3n) is 10.9. The molecule has 0 bridgehead atoms. The van der Waals surface area contributed by atoms with Gasteiger partial charge in [-0.15, -0.1) is 4.73 Å².